The number of amidine groups is 1. The predicted octanol–water partition coefficient (Wildman–Crippen LogP) is 1.86. The normalized spacial score (nSPS) is 16.3. The Balaban J connectivity index is 0.000000646. The SMILES string of the molecule is COCC1(C(=O)Nc2ncc(-c3ccccc3S(N)(=O)=O)cn2)CC(c2cccc(C(=N)N)c2)=NO1.O=C(O)C(F)(F)F. The maximum Gasteiger partial charge on any atom is 0.490 e. The zero-order chi connectivity index (χ0) is 32.0. The molecule has 3 aromatic rings. The first-order valence-corrected chi connectivity index (χ1v) is 13.4. The van der Waals surface area contributed by atoms with Gasteiger partial charge in [0, 0.05) is 48.2 Å². The lowest BCUT2D eigenvalue weighted by Gasteiger charge is -2.24. The number of alkyl halides is 3. The van der Waals surface area contributed by atoms with E-state index in [1.165, 1.54) is 25.6 Å². The maximum absolute atomic E-state index is 13.2. The van der Waals surface area contributed by atoms with Gasteiger partial charge in [0.2, 0.25) is 21.6 Å². The van der Waals surface area contributed by atoms with E-state index in [4.69, 9.17) is 35.8 Å². The number of nitrogens with one attached hydrogen (secondary N) is 2. The van der Waals surface area contributed by atoms with Crippen molar-refractivity contribution in [2.24, 2.45) is 16.0 Å². The van der Waals surface area contributed by atoms with E-state index in [9.17, 15) is 26.4 Å². The number of carboxylic acids is 1. The van der Waals surface area contributed by atoms with Gasteiger partial charge >= 0.3 is 12.1 Å². The highest BCUT2D eigenvalue weighted by Crippen LogP contribution is 2.30. The molecule has 1 amide bonds. The Kier molecular flexibility index (Phi) is 9.79. The first-order chi connectivity index (χ1) is 20.1. The van der Waals surface area contributed by atoms with E-state index in [0.29, 0.717) is 28.0 Å². The number of nitrogens with zero attached hydrogens (tertiary/aromatic N) is 3. The van der Waals surface area contributed by atoms with E-state index in [1.54, 1.807) is 42.5 Å². The molecule has 0 aliphatic carbocycles. The maximum atomic E-state index is 13.2. The lowest BCUT2D eigenvalue weighted by molar-refractivity contribution is -0.192. The van der Waals surface area contributed by atoms with Crippen LogP contribution in [0.15, 0.2) is 71.0 Å². The quantitative estimate of drug-likeness (QED) is 0.180. The van der Waals surface area contributed by atoms with Crippen molar-refractivity contribution in [2.75, 3.05) is 19.0 Å². The third kappa shape index (κ3) is 8.09. The number of carbonyl (C=O) groups excluding carboxylic acids is 1. The van der Waals surface area contributed by atoms with Crippen LogP contribution in [0.4, 0.5) is 19.1 Å². The number of benzene rings is 2. The van der Waals surface area contributed by atoms with Gasteiger partial charge in [-0.3, -0.25) is 15.5 Å². The van der Waals surface area contributed by atoms with E-state index in [0.717, 1.165) is 0 Å². The number of carbonyl (C=O) groups is 2. The monoisotopic (exact) mass is 623 g/mol. The van der Waals surface area contributed by atoms with Crippen LogP contribution in [0.5, 0.6) is 0 Å². The molecule has 1 atom stereocenters. The number of nitrogen functional groups attached to an aromatic ring is 1. The molecule has 0 fully saturated rings. The average molecular weight is 624 g/mol. The summed E-state index contributed by atoms with van der Waals surface area (Å²) in [6, 6.07) is 13.1. The molecule has 2 heterocycles. The number of carboxylic acid groups (broad SMARTS) is 1. The summed E-state index contributed by atoms with van der Waals surface area (Å²) in [5.74, 6) is -3.46. The number of anilines is 1. The van der Waals surface area contributed by atoms with E-state index < -0.39 is 33.7 Å². The lowest BCUT2D eigenvalue weighted by atomic mass is 9.93. The van der Waals surface area contributed by atoms with Crippen molar-refractivity contribution in [3.63, 3.8) is 0 Å². The summed E-state index contributed by atoms with van der Waals surface area (Å²) in [4.78, 5) is 35.9. The first kappa shape index (κ1) is 32.6. The number of rotatable bonds is 8. The smallest absolute Gasteiger partial charge is 0.475 e. The van der Waals surface area contributed by atoms with E-state index in [1.807, 2.05) is 0 Å². The zero-order valence-corrected chi connectivity index (χ0v) is 22.9. The predicted molar refractivity (Wildman–Crippen MR) is 145 cm³/mol. The summed E-state index contributed by atoms with van der Waals surface area (Å²) in [6.07, 6.45) is -2.24. The molecule has 0 saturated carbocycles. The Labute approximate surface area is 242 Å². The Morgan fingerprint density at radius 2 is 1.77 bits per heavy atom. The number of nitrogens with two attached hydrogens (primary N) is 2. The Bertz CT molecular complexity index is 1670. The van der Waals surface area contributed by atoms with Gasteiger partial charge in [-0.2, -0.15) is 13.2 Å². The molecule has 0 radical (unpaired) electrons. The molecule has 4 rings (SSSR count). The summed E-state index contributed by atoms with van der Waals surface area (Å²) in [7, 11) is -2.53. The van der Waals surface area contributed by atoms with Crippen molar-refractivity contribution < 1.29 is 45.9 Å². The number of hydrogen-bond donors (Lipinski definition) is 5. The van der Waals surface area contributed by atoms with Gasteiger partial charge in [0.05, 0.1) is 17.2 Å². The second kappa shape index (κ2) is 12.9. The molecule has 228 valence electrons. The topological polar surface area (TPSA) is 233 Å². The molecule has 1 aromatic heterocycles. The molecule has 18 heteroatoms. The highest BCUT2D eigenvalue weighted by Gasteiger charge is 2.47. The molecule has 43 heavy (non-hydrogen) atoms. The molecule has 14 nitrogen and oxygen atoms in total. The number of ether oxygens (including phenoxy) is 1. The molecular weight excluding hydrogens is 599 g/mol. The zero-order valence-electron chi connectivity index (χ0n) is 22.1. The lowest BCUT2D eigenvalue weighted by Crippen LogP contribution is -2.47. The molecule has 0 spiro atoms. The minimum atomic E-state index is -5.08. The van der Waals surface area contributed by atoms with Crippen LogP contribution >= 0.6 is 0 Å². The number of hydrogen-bond acceptors (Lipinski definition) is 10. The molecule has 1 unspecified atom stereocenters. The standard InChI is InChI=1S/C23H23N7O5S.C2HF3O2/c1-34-13-23(10-18(30-35-23)14-5-4-6-15(9-14)20(24)25)21(31)29-22-27-11-16(12-28-22)17-7-2-3-8-19(17)36(26,32)33;3-2(4,5)1(6)7/h2-9,11-12H,10,13H2,1H3,(H3,24,25)(H2,26,32,33)(H,27,28,29,31);(H,6,7). The molecule has 1 aliphatic heterocycles. The van der Waals surface area contributed by atoms with Crippen LogP contribution in [0.3, 0.4) is 0 Å². The fourth-order valence-corrected chi connectivity index (χ4v) is 4.46. The largest absolute Gasteiger partial charge is 0.490 e. The first-order valence-electron chi connectivity index (χ1n) is 11.8. The average Bonchev–Trinajstić information content (AvgIpc) is 3.39. The van der Waals surface area contributed by atoms with Crippen LogP contribution in [0, 0.1) is 5.41 Å². The van der Waals surface area contributed by atoms with Crippen molar-refractivity contribution in [2.45, 2.75) is 23.1 Å². The molecule has 7 N–H and O–H groups in total. The number of aliphatic carboxylic acids is 1. The number of oxime groups is 1. The van der Waals surface area contributed by atoms with E-state index >= 15 is 0 Å². The van der Waals surface area contributed by atoms with Gasteiger partial charge in [0.25, 0.3) is 5.91 Å². The van der Waals surface area contributed by atoms with Crippen molar-refractivity contribution in [3.8, 4) is 11.1 Å². The highest BCUT2D eigenvalue weighted by atomic mass is 32.2. The summed E-state index contributed by atoms with van der Waals surface area (Å²) in [5, 5.41) is 26.7. The van der Waals surface area contributed by atoms with Gasteiger partial charge in [0.15, 0.2) is 0 Å². The highest BCUT2D eigenvalue weighted by molar-refractivity contribution is 7.89. The van der Waals surface area contributed by atoms with Gasteiger partial charge in [-0.25, -0.2) is 28.3 Å². The third-order valence-corrected chi connectivity index (χ3v) is 6.67. The number of sulfonamides is 1. The molecule has 1 aliphatic rings. The Morgan fingerprint density at radius 3 is 2.33 bits per heavy atom. The number of halogens is 3. The van der Waals surface area contributed by atoms with E-state index in [2.05, 4.69) is 20.4 Å². The van der Waals surface area contributed by atoms with Crippen molar-refractivity contribution in [1.82, 2.24) is 9.97 Å². The summed E-state index contributed by atoms with van der Waals surface area (Å²) in [6.45, 7) is -0.0992. The van der Waals surface area contributed by atoms with Gasteiger partial charge in [0.1, 0.15) is 5.84 Å². The Morgan fingerprint density at radius 1 is 1.14 bits per heavy atom. The Hall–Kier alpha value is -4.94. The van der Waals surface area contributed by atoms with Crippen molar-refractivity contribution >= 4 is 39.4 Å². The minimum absolute atomic E-state index is 0.0251. The van der Waals surface area contributed by atoms with Crippen LogP contribution < -0.4 is 16.2 Å². The number of aromatic nitrogens is 2. The number of primary sulfonamides is 1. The van der Waals surface area contributed by atoms with Gasteiger partial charge in [-0.05, 0) is 12.1 Å². The van der Waals surface area contributed by atoms with Crippen LogP contribution in [0.2, 0.25) is 0 Å². The van der Waals surface area contributed by atoms with Crippen molar-refractivity contribution in [1.29, 1.82) is 5.41 Å². The minimum Gasteiger partial charge on any atom is -0.475 e. The van der Waals surface area contributed by atoms with Crippen LogP contribution in [-0.2, 0) is 29.2 Å². The van der Waals surface area contributed by atoms with Gasteiger partial charge in [-0.15, -0.1) is 0 Å². The molecular formula is C25H24F3N7O7S. The molecule has 2 aromatic carbocycles. The van der Waals surface area contributed by atoms with E-state index in [-0.39, 0.29) is 29.7 Å². The third-order valence-electron chi connectivity index (χ3n) is 5.71. The fourth-order valence-electron chi connectivity index (χ4n) is 3.70. The molecule has 0 bridgehead atoms. The number of amides is 1. The second-order valence-corrected chi connectivity index (χ2v) is 10.4. The summed E-state index contributed by atoms with van der Waals surface area (Å²) in [5.41, 5.74) is 6.49. The molecule has 0 saturated heterocycles. The fraction of sp³-hybridized carbons (Fsp3) is 0.200. The second-order valence-electron chi connectivity index (χ2n) is 8.82. The van der Waals surface area contributed by atoms with Crippen LogP contribution in [0.25, 0.3) is 11.1 Å². The van der Waals surface area contributed by atoms with Crippen molar-refractivity contribution in [3.05, 3.63) is 72.1 Å². The summed E-state index contributed by atoms with van der Waals surface area (Å²) < 4.78 is 60.8. The van der Waals surface area contributed by atoms with Gasteiger partial charge < -0.3 is 20.4 Å². The van der Waals surface area contributed by atoms with Crippen LogP contribution in [-0.4, -0.2) is 72.4 Å². The number of methoxy groups -OCH3 is 1. The van der Waals surface area contributed by atoms with Crippen LogP contribution in [0.1, 0.15) is 17.5 Å². The van der Waals surface area contributed by atoms with Gasteiger partial charge in [-0.1, -0.05) is 41.6 Å². The summed E-state index contributed by atoms with van der Waals surface area (Å²) >= 11 is 0.